The van der Waals surface area contributed by atoms with Gasteiger partial charge in [-0.1, -0.05) is 54.6 Å². The van der Waals surface area contributed by atoms with Crippen LogP contribution in [0.3, 0.4) is 0 Å². The Morgan fingerprint density at radius 3 is 2.26 bits per heavy atom. The molecule has 0 bridgehead atoms. The van der Waals surface area contributed by atoms with E-state index in [4.69, 9.17) is 0 Å². The molecule has 0 unspecified atom stereocenters. The van der Waals surface area contributed by atoms with Crippen LogP contribution in [0.5, 0.6) is 0 Å². The van der Waals surface area contributed by atoms with Gasteiger partial charge >= 0.3 is 0 Å². The highest BCUT2D eigenvalue weighted by Crippen LogP contribution is 2.22. The van der Waals surface area contributed by atoms with Gasteiger partial charge in [-0.2, -0.15) is 0 Å². The number of hydrogen-bond acceptors (Lipinski definition) is 2. The van der Waals surface area contributed by atoms with Crippen molar-refractivity contribution in [2.24, 2.45) is 0 Å². The van der Waals surface area contributed by atoms with Crippen LogP contribution in [0.4, 0.5) is 11.4 Å². The molecule has 3 rings (SSSR count). The molecule has 4 heteroatoms. The van der Waals surface area contributed by atoms with Gasteiger partial charge in [0.05, 0.1) is 0 Å². The SMILES string of the molecule is CC(=O)Nc1cc(C(=O)Nc2ccccc2Cc2ccccc2)ccc1C. The average Bonchev–Trinajstić information content (AvgIpc) is 2.65. The van der Waals surface area contributed by atoms with Crippen molar-refractivity contribution < 1.29 is 9.59 Å². The molecular weight excluding hydrogens is 336 g/mol. The predicted octanol–water partition coefficient (Wildman–Crippen LogP) is 4.80. The molecule has 0 spiro atoms. The quantitative estimate of drug-likeness (QED) is 0.688. The number of para-hydroxylation sites is 1. The van der Waals surface area contributed by atoms with E-state index in [2.05, 4.69) is 22.8 Å². The maximum atomic E-state index is 12.7. The third kappa shape index (κ3) is 4.82. The first-order valence-electron chi connectivity index (χ1n) is 8.84. The lowest BCUT2D eigenvalue weighted by Gasteiger charge is -2.13. The summed E-state index contributed by atoms with van der Waals surface area (Å²) < 4.78 is 0. The lowest BCUT2D eigenvalue weighted by Crippen LogP contribution is -2.15. The van der Waals surface area contributed by atoms with E-state index < -0.39 is 0 Å². The van der Waals surface area contributed by atoms with Gasteiger partial charge in [0, 0.05) is 23.9 Å². The van der Waals surface area contributed by atoms with Crippen LogP contribution in [-0.4, -0.2) is 11.8 Å². The summed E-state index contributed by atoms with van der Waals surface area (Å²) in [6.45, 7) is 3.34. The monoisotopic (exact) mass is 358 g/mol. The van der Waals surface area contributed by atoms with Crippen molar-refractivity contribution in [2.45, 2.75) is 20.3 Å². The summed E-state index contributed by atoms with van der Waals surface area (Å²) in [7, 11) is 0. The third-order valence-electron chi connectivity index (χ3n) is 4.31. The first kappa shape index (κ1) is 18.4. The summed E-state index contributed by atoms with van der Waals surface area (Å²) >= 11 is 0. The Labute approximate surface area is 159 Å². The van der Waals surface area contributed by atoms with E-state index in [0.717, 1.165) is 23.2 Å². The van der Waals surface area contributed by atoms with E-state index in [-0.39, 0.29) is 11.8 Å². The molecule has 136 valence electrons. The van der Waals surface area contributed by atoms with Crippen LogP contribution in [0.2, 0.25) is 0 Å². The number of anilines is 2. The van der Waals surface area contributed by atoms with Crippen molar-refractivity contribution in [3.63, 3.8) is 0 Å². The summed E-state index contributed by atoms with van der Waals surface area (Å²) in [5, 5.41) is 5.75. The van der Waals surface area contributed by atoms with Gasteiger partial charge in [0.1, 0.15) is 0 Å². The van der Waals surface area contributed by atoms with Crippen molar-refractivity contribution in [1.82, 2.24) is 0 Å². The van der Waals surface area contributed by atoms with Crippen LogP contribution in [0.1, 0.15) is 34.0 Å². The minimum absolute atomic E-state index is 0.163. The van der Waals surface area contributed by atoms with E-state index in [1.54, 1.807) is 12.1 Å². The highest BCUT2D eigenvalue weighted by Gasteiger charge is 2.11. The molecule has 0 aromatic heterocycles. The first-order valence-corrected chi connectivity index (χ1v) is 8.84. The maximum absolute atomic E-state index is 12.7. The highest BCUT2D eigenvalue weighted by molar-refractivity contribution is 6.05. The highest BCUT2D eigenvalue weighted by atomic mass is 16.2. The molecule has 0 aliphatic heterocycles. The second-order valence-corrected chi connectivity index (χ2v) is 6.48. The Morgan fingerprint density at radius 2 is 1.52 bits per heavy atom. The number of benzene rings is 3. The van der Waals surface area contributed by atoms with Crippen molar-refractivity contribution in [1.29, 1.82) is 0 Å². The molecule has 0 saturated carbocycles. The lowest BCUT2D eigenvalue weighted by atomic mass is 10.0. The van der Waals surface area contributed by atoms with E-state index in [9.17, 15) is 9.59 Å². The second kappa shape index (κ2) is 8.32. The van der Waals surface area contributed by atoms with E-state index in [0.29, 0.717) is 11.3 Å². The molecular formula is C23H22N2O2. The average molecular weight is 358 g/mol. The van der Waals surface area contributed by atoms with Gasteiger partial charge in [-0.25, -0.2) is 0 Å². The zero-order chi connectivity index (χ0) is 19.2. The Hall–Kier alpha value is -3.40. The summed E-state index contributed by atoms with van der Waals surface area (Å²) in [6.07, 6.45) is 0.738. The summed E-state index contributed by atoms with van der Waals surface area (Å²) in [5.74, 6) is -0.369. The smallest absolute Gasteiger partial charge is 0.255 e. The van der Waals surface area contributed by atoms with Crippen LogP contribution >= 0.6 is 0 Å². The molecule has 3 aromatic rings. The zero-order valence-corrected chi connectivity index (χ0v) is 15.5. The molecule has 4 nitrogen and oxygen atoms in total. The summed E-state index contributed by atoms with van der Waals surface area (Å²) in [5.41, 5.74) is 5.07. The van der Waals surface area contributed by atoms with Crippen LogP contribution < -0.4 is 10.6 Å². The minimum atomic E-state index is -0.206. The number of nitrogens with one attached hydrogen (secondary N) is 2. The van der Waals surface area contributed by atoms with Gasteiger partial charge in [0.15, 0.2) is 0 Å². The first-order chi connectivity index (χ1) is 13.0. The van der Waals surface area contributed by atoms with Gasteiger partial charge < -0.3 is 10.6 Å². The van der Waals surface area contributed by atoms with Crippen molar-refractivity contribution in [3.05, 3.63) is 95.1 Å². The Morgan fingerprint density at radius 1 is 0.815 bits per heavy atom. The van der Waals surface area contributed by atoms with Gasteiger partial charge in [-0.15, -0.1) is 0 Å². The van der Waals surface area contributed by atoms with E-state index >= 15 is 0 Å². The van der Waals surface area contributed by atoms with Crippen LogP contribution in [0.15, 0.2) is 72.8 Å². The minimum Gasteiger partial charge on any atom is -0.326 e. The van der Waals surface area contributed by atoms with Crippen LogP contribution in [0.25, 0.3) is 0 Å². The van der Waals surface area contributed by atoms with Crippen LogP contribution in [-0.2, 0) is 11.2 Å². The summed E-state index contributed by atoms with van der Waals surface area (Å²) in [6, 6.07) is 23.2. The molecule has 0 radical (unpaired) electrons. The Kier molecular flexibility index (Phi) is 5.67. The standard InChI is InChI=1S/C23H22N2O2/c1-16-12-13-20(15-22(16)24-17(2)26)23(27)25-21-11-7-6-10-19(21)14-18-8-4-3-5-9-18/h3-13,15H,14H2,1-2H3,(H,24,26)(H,25,27). The van der Waals surface area contributed by atoms with Gasteiger partial charge in [-0.05, 0) is 48.2 Å². The Bertz CT molecular complexity index is 965. The molecule has 0 heterocycles. The van der Waals surface area contributed by atoms with Crippen LogP contribution in [0, 0.1) is 6.92 Å². The van der Waals surface area contributed by atoms with E-state index in [1.807, 2.05) is 55.5 Å². The molecule has 0 aliphatic carbocycles. The number of carbonyl (C=O) groups is 2. The van der Waals surface area contributed by atoms with Gasteiger partial charge in [0.2, 0.25) is 5.91 Å². The zero-order valence-electron chi connectivity index (χ0n) is 15.5. The predicted molar refractivity (Wildman–Crippen MR) is 109 cm³/mol. The lowest BCUT2D eigenvalue weighted by molar-refractivity contribution is -0.114. The van der Waals surface area contributed by atoms with Crippen molar-refractivity contribution >= 4 is 23.2 Å². The molecule has 3 aromatic carbocycles. The number of hydrogen-bond donors (Lipinski definition) is 2. The fraction of sp³-hybridized carbons (Fsp3) is 0.130. The fourth-order valence-electron chi connectivity index (χ4n) is 2.89. The second-order valence-electron chi connectivity index (χ2n) is 6.48. The molecule has 27 heavy (non-hydrogen) atoms. The number of rotatable bonds is 5. The molecule has 2 N–H and O–H groups in total. The third-order valence-corrected chi connectivity index (χ3v) is 4.31. The fourth-order valence-corrected chi connectivity index (χ4v) is 2.89. The number of aryl methyl sites for hydroxylation is 1. The topological polar surface area (TPSA) is 58.2 Å². The Balaban J connectivity index is 1.81. The van der Waals surface area contributed by atoms with Gasteiger partial charge in [0.25, 0.3) is 5.91 Å². The van der Waals surface area contributed by atoms with Crippen molar-refractivity contribution in [3.8, 4) is 0 Å². The molecule has 0 atom stereocenters. The van der Waals surface area contributed by atoms with E-state index in [1.165, 1.54) is 12.5 Å². The van der Waals surface area contributed by atoms with Crippen molar-refractivity contribution in [2.75, 3.05) is 10.6 Å². The number of amides is 2. The molecule has 2 amide bonds. The molecule has 0 saturated heterocycles. The van der Waals surface area contributed by atoms with Gasteiger partial charge in [-0.3, -0.25) is 9.59 Å². The summed E-state index contributed by atoms with van der Waals surface area (Å²) in [4.78, 5) is 24.1. The largest absolute Gasteiger partial charge is 0.326 e. The number of carbonyl (C=O) groups excluding carboxylic acids is 2. The normalized spacial score (nSPS) is 10.3. The maximum Gasteiger partial charge on any atom is 0.255 e. The molecule has 0 aliphatic rings. The molecule has 0 fully saturated rings.